The average molecular weight is 170 g/mol. The zero-order valence-corrected chi connectivity index (χ0v) is 7.32. The largest absolute Gasteiger partial charge is 0.370 e. The number of nitrogens with two attached hydrogens (primary N) is 2. The van der Waals surface area contributed by atoms with Crippen LogP contribution in [0, 0.1) is 5.92 Å². The van der Waals surface area contributed by atoms with Crippen molar-refractivity contribution < 1.29 is 4.79 Å². The second kappa shape index (κ2) is 3.00. The lowest BCUT2D eigenvalue weighted by Gasteiger charge is -2.42. The molecule has 0 spiro atoms. The van der Waals surface area contributed by atoms with Gasteiger partial charge in [0.25, 0.3) is 0 Å². The van der Waals surface area contributed by atoms with Crippen molar-refractivity contribution in [3.8, 4) is 0 Å². The smallest absolute Gasteiger partial charge is 0.229 e. The van der Waals surface area contributed by atoms with Crippen LogP contribution in [0.2, 0.25) is 0 Å². The van der Waals surface area contributed by atoms with Crippen molar-refractivity contribution in [1.82, 2.24) is 4.90 Å². The Morgan fingerprint density at radius 1 is 1.67 bits per heavy atom. The maximum Gasteiger partial charge on any atom is 0.229 e. The predicted octanol–water partition coefficient (Wildman–Crippen LogP) is -1.26. The molecule has 1 saturated heterocycles. The number of likely N-dealkylation sites (tertiary alicyclic amines) is 1. The lowest BCUT2D eigenvalue weighted by Crippen LogP contribution is -2.58. The highest BCUT2D eigenvalue weighted by atomic mass is 16.2. The van der Waals surface area contributed by atoms with E-state index in [-0.39, 0.29) is 23.8 Å². The predicted molar refractivity (Wildman–Crippen MR) is 46.4 cm³/mol. The SMILES string of the molecule is CC1C(CN=C(N)N)C(=O)N1C. The molecule has 1 heterocycles. The van der Waals surface area contributed by atoms with Crippen LogP contribution in [0.25, 0.3) is 0 Å². The van der Waals surface area contributed by atoms with Gasteiger partial charge in [-0.05, 0) is 6.92 Å². The molecule has 1 amide bonds. The molecule has 0 aromatic heterocycles. The summed E-state index contributed by atoms with van der Waals surface area (Å²) in [5.74, 6) is 0.133. The van der Waals surface area contributed by atoms with Crippen LogP contribution in [-0.2, 0) is 4.79 Å². The van der Waals surface area contributed by atoms with Gasteiger partial charge in [-0.3, -0.25) is 9.79 Å². The molecule has 0 aliphatic carbocycles. The fraction of sp³-hybridized carbons (Fsp3) is 0.714. The summed E-state index contributed by atoms with van der Waals surface area (Å²) < 4.78 is 0. The van der Waals surface area contributed by atoms with Gasteiger partial charge in [-0.1, -0.05) is 0 Å². The molecule has 1 aliphatic rings. The number of hydrogen-bond acceptors (Lipinski definition) is 2. The zero-order valence-electron chi connectivity index (χ0n) is 7.32. The topological polar surface area (TPSA) is 84.7 Å². The molecule has 0 radical (unpaired) electrons. The van der Waals surface area contributed by atoms with Gasteiger partial charge in [-0.2, -0.15) is 0 Å². The third-order valence-corrected chi connectivity index (χ3v) is 2.33. The second-order valence-corrected chi connectivity index (χ2v) is 3.06. The molecule has 1 fully saturated rings. The first-order chi connectivity index (χ1) is 5.54. The Kier molecular flexibility index (Phi) is 2.21. The molecule has 4 N–H and O–H groups in total. The summed E-state index contributed by atoms with van der Waals surface area (Å²) in [4.78, 5) is 16.7. The van der Waals surface area contributed by atoms with Crippen LogP contribution in [0.4, 0.5) is 0 Å². The van der Waals surface area contributed by atoms with Gasteiger partial charge in [-0.25, -0.2) is 0 Å². The molecule has 68 valence electrons. The molecular formula is C7H14N4O. The highest BCUT2D eigenvalue weighted by molar-refractivity contribution is 5.86. The molecule has 2 unspecified atom stereocenters. The minimum absolute atomic E-state index is 0.0305. The van der Waals surface area contributed by atoms with Crippen LogP contribution in [0.5, 0.6) is 0 Å². The van der Waals surface area contributed by atoms with Crippen molar-refractivity contribution in [2.45, 2.75) is 13.0 Å². The van der Waals surface area contributed by atoms with Crippen LogP contribution >= 0.6 is 0 Å². The molecule has 2 atom stereocenters. The van der Waals surface area contributed by atoms with E-state index in [4.69, 9.17) is 11.5 Å². The van der Waals surface area contributed by atoms with Crippen molar-refractivity contribution in [2.24, 2.45) is 22.4 Å². The summed E-state index contributed by atoms with van der Waals surface area (Å²) in [5.41, 5.74) is 10.3. The quantitative estimate of drug-likeness (QED) is 0.308. The number of aliphatic imine (C=N–C) groups is 1. The average Bonchev–Trinajstić information content (AvgIpc) is 2.03. The van der Waals surface area contributed by atoms with Crippen molar-refractivity contribution in [1.29, 1.82) is 0 Å². The summed E-state index contributed by atoms with van der Waals surface area (Å²) in [5, 5.41) is 0. The van der Waals surface area contributed by atoms with Gasteiger partial charge < -0.3 is 16.4 Å². The summed E-state index contributed by atoms with van der Waals surface area (Å²) >= 11 is 0. The molecule has 12 heavy (non-hydrogen) atoms. The van der Waals surface area contributed by atoms with E-state index in [1.807, 2.05) is 6.92 Å². The normalized spacial score (nSPS) is 28.2. The maximum atomic E-state index is 11.2. The highest BCUT2D eigenvalue weighted by Crippen LogP contribution is 2.24. The van der Waals surface area contributed by atoms with Crippen LogP contribution in [0.1, 0.15) is 6.92 Å². The summed E-state index contributed by atoms with van der Waals surface area (Å²) in [6.07, 6.45) is 0. The van der Waals surface area contributed by atoms with E-state index in [9.17, 15) is 4.79 Å². The minimum Gasteiger partial charge on any atom is -0.370 e. The van der Waals surface area contributed by atoms with Gasteiger partial charge in [0.1, 0.15) is 0 Å². The number of nitrogens with zero attached hydrogens (tertiary/aromatic N) is 2. The zero-order chi connectivity index (χ0) is 9.30. The minimum atomic E-state index is -0.0305. The molecule has 1 rings (SSSR count). The van der Waals surface area contributed by atoms with Gasteiger partial charge in [-0.15, -0.1) is 0 Å². The van der Waals surface area contributed by atoms with Crippen LogP contribution in [0.3, 0.4) is 0 Å². The Morgan fingerprint density at radius 2 is 2.25 bits per heavy atom. The molecule has 0 bridgehead atoms. The standard InChI is InChI=1S/C7H14N4O/c1-4-5(3-10-7(8)9)6(12)11(4)2/h4-5H,3H2,1-2H3,(H4,8,9,10). The first-order valence-electron chi connectivity index (χ1n) is 3.86. The van der Waals surface area contributed by atoms with Crippen molar-refractivity contribution in [2.75, 3.05) is 13.6 Å². The van der Waals surface area contributed by atoms with E-state index in [0.717, 1.165) is 0 Å². The Bertz CT molecular complexity index is 221. The number of guanidine groups is 1. The van der Waals surface area contributed by atoms with Crippen LogP contribution in [-0.4, -0.2) is 36.4 Å². The first-order valence-corrected chi connectivity index (χ1v) is 3.86. The lowest BCUT2D eigenvalue weighted by molar-refractivity contribution is -0.151. The lowest BCUT2D eigenvalue weighted by atomic mass is 9.90. The van der Waals surface area contributed by atoms with Crippen molar-refractivity contribution in [3.63, 3.8) is 0 Å². The van der Waals surface area contributed by atoms with E-state index < -0.39 is 0 Å². The maximum absolute atomic E-state index is 11.2. The fourth-order valence-electron chi connectivity index (χ4n) is 1.29. The Hall–Kier alpha value is -1.26. The third-order valence-electron chi connectivity index (χ3n) is 2.33. The van der Waals surface area contributed by atoms with Crippen molar-refractivity contribution >= 4 is 11.9 Å². The van der Waals surface area contributed by atoms with Crippen LogP contribution < -0.4 is 11.5 Å². The number of rotatable bonds is 2. The van der Waals surface area contributed by atoms with Gasteiger partial charge in [0.2, 0.25) is 5.91 Å². The molecule has 0 aromatic carbocycles. The molecule has 5 heteroatoms. The van der Waals surface area contributed by atoms with Gasteiger partial charge in [0, 0.05) is 13.1 Å². The Labute approximate surface area is 71.4 Å². The number of carbonyl (C=O) groups is 1. The van der Waals surface area contributed by atoms with Gasteiger partial charge in [0.05, 0.1) is 12.5 Å². The summed E-state index contributed by atoms with van der Waals surface area (Å²) in [6, 6.07) is 0.251. The summed E-state index contributed by atoms with van der Waals surface area (Å²) in [7, 11) is 1.78. The van der Waals surface area contributed by atoms with Gasteiger partial charge in [0.15, 0.2) is 5.96 Å². The highest BCUT2D eigenvalue weighted by Gasteiger charge is 2.41. The Morgan fingerprint density at radius 3 is 2.67 bits per heavy atom. The number of carbonyl (C=O) groups excluding carboxylic acids is 1. The molecule has 5 nitrogen and oxygen atoms in total. The summed E-state index contributed by atoms with van der Waals surface area (Å²) in [6.45, 7) is 2.39. The molecule has 0 saturated carbocycles. The Balaban J connectivity index is 2.46. The second-order valence-electron chi connectivity index (χ2n) is 3.06. The fourth-order valence-corrected chi connectivity index (χ4v) is 1.29. The monoisotopic (exact) mass is 170 g/mol. The van der Waals surface area contributed by atoms with E-state index in [1.54, 1.807) is 11.9 Å². The van der Waals surface area contributed by atoms with E-state index in [0.29, 0.717) is 6.54 Å². The van der Waals surface area contributed by atoms with Crippen molar-refractivity contribution in [3.05, 3.63) is 0 Å². The van der Waals surface area contributed by atoms with Crippen LogP contribution in [0.15, 0.2) is 4.99 Å². The third kappa shape index (κ3) is 1.34. The van der Waals surface area contributed by atoms with E-state index in [2.05, 4.69) is 4.99 Å². The number of hydrogen-bond donors (Lipinski definition) is 2. The van der Waals surface area contributed by atoms with Gasteiger partial charge >= 0.3 is 0 Å². The number of amides is 1. The molecular weight excluding hydrogens is 156 g/mol. The molecule has 1 aliphatic heterocycles. The number of β-lactam (4-membered cyclic amide) rings is 1. The van der Waals surface area contributed by atoms with E-state index in [1.165, 1.54) is 0 Å². The first kappa shape index (κ1) is 8.83. The molecule has 0 aromatic rings. The van der Waals surface area contributed by atoms with E-state index >= 15 is 0 Å².